The first-order valence-corrected chi connectivity index (χ1v) is 7.74. The van der Waals surface area contributed by atoms with Crippen LogP contribution < -0.4 is 0 Å². The highest BCUT2D eigenvalue weighted by Gasteiger charge is 2.12. The number of alkyl halides is 1. The van der Waals surface area contributed by atoms with Gasteiger partial charge < -0.3 is 14.2 Å². The van der Waals surface area contributed by atoms with Gasteiger partial charge in [-0.15, -0.1) is 11.6 Å². The van der Waals surface area contributed by atoms with E-state index in [9.17, 15) is 0 Å². The van der Waals surface area contributed by atoms with Gasteiger partial charge in [0.25, 0.3) is 0 Å². The van der Waals surface area contributed by atoms with E-state index in [1.54, 1.807) is 7.11 Å². The summed E-state index contributed by atoms with van der Waals surface area (Å²) in [4.78, 5) is 11.5. The zero-order valence-electron chi connectivity index (χ0n) is 13.0. The second-order valence-electron chi connectivity index (χ2n) is 5.27. The van der Waals surface area contributed by atoms with Crippen molar-refractivity contribution in [2.45, 2.75) is 19.9 Å². The molecule has 0 N–H and O–H groups in total. The maximum absolute atomic E-state index is 5.90. The highest BCUT2D eigenvalue weighted by molar-refractivity contribution is 6.17. The molecule has 0 aromatic carbocycles. The maximum atomic E-state index is 5.90. The third kappa shape index (κ3) is 4.15. The molecule has 0 aliphatic rings. The predicted molar refractivity (Wildman–Crippen MR) is 86.1 cm³/mol. The van der Waals surface area contributed by atoms with E-state index in [0.717, 1.165) is 55.2 Å². The average molecular weight is 311 g/mol. The van der Waals surface area contributed by atoms with Crippen LogP contribution in [0.2, 0.25) is 0 Å². The van der Waals surface area contributed by atoms with E-state index < -0.39 is 0 Å². The maximum Gasteiger partial charge on any atom is 0.160 e. The SMILES string of the molecule is COCCN(C)CCn1c(CCCl)nc2cc(C)cnc21. The molecule has 2 rings (SSSR count). The van der Waals surface area contributed by atoms with Crippen LogP contribution in [0.15, 0.2) is 12.3 Å². The number of hydrogen-bond acceptors (Lipinski definition) is 4. The minimum atomic E-state index is 0.571. The Morgan fingerprint density at radius 2 is 2.19 bits per heavy atom. The van der Waals surface area contributed by atoms with Gasteiger partial charge in [0.15, 0.2) is 5.65 Å². The summed E-state index contributed by atoms with van der Waals surface area (Å²) >= 11 is 5.90. The summed E-state index contributed by atoms with van der Waals surface area (Å²) in [5.41, 5.74) is 3.03. The van der Waals surface area contributed by atoms with Crippen molar-refractivity contribution in [3.8, 4) is 0 Å². The van der Waals surface area contributed by atoms with E-state index in [2.05, 4.69) is 32.5 Å². The molecule has 0 saturated heterocycles. The molecule has 21 heavy (non-hydrogen) atoms. The summed E-state index contributed by atoms with van der Waals surface area (Å²) in [5.74, 6) is 1.58. The monoisotopic (exact) mass is 310 g/mol. The number of pyridine rings is 1. The van der Waals surface area contributed by atoms with Gasteiger partial charge in [-0.25, -0.2) is 9.97 Å². The van der Waals surface area contributed by atoms with E-state index in [4.69, 9.17) is 16.3 Å². The Morgan fingerprint density at radius 1 is 1.38 bits per heavy atom. The lowest BCUT2D eigenvalue weighted by atomic mass is 10.3. The summed E-state index contributed by atoms with van der Waals surface area (Å²) in [6.07, 6.45) is 2.65. The van der Waals surface area contributed by atoms with Gasteiger partial charge in [-0.05, 0) is 25.6 Å². The number of methoxy groups -OCH3 is 1. The molecule has 2 aromatic heterocycles. The number of aromatic nitrogens is 3. The Balaban J connectivity index is 2.18. The van der Waals surface area contributed by atoms with Crippen molar-refractivity contribution in [2.24, 2.45) is 0 Å². The number of halogens is 1. The molecule has 0 unspecified atom stereocenters. The first-order valence-electron chi connectivity index (χ1n) is 7.21. The van der Waals surface area contributed by atoms with Gasteiger partial charge in [-0.3, -0.25) is 0 Å². The Bertz CT molecular complexity index is 584. The third-order valence-corrected chi connectivity index (χ3v) is 3.69. The van der Waals surface area contributed by atoms with Crippen molar-refractivity contribution in [3.63, 3.8) is 0 Å². The Morgan fingerprint density at radius 3 is 2.90 bits per heavy atom. The lowest BCUT2D eigenvalue weighted by Crippen LogP contribution is -2.27. The van der Waals surface area contributed by atoms with Crippen molar-refractivity contribution < 1.29 is 4.74 Å². The average Bonchev–Trinajstić information content (AvgIpc) is 2.79. The quantitative estimate of drug-likeness (QED) is 0.700. The number of nitrogens with zero attached hydrogens (tertiary/aromatic N) is 4. The molecule has 2 heterocycles. The minimum Gasteiger partial charge on any atom is -0.383 e. The lowest BCUT2D eigenvalue weighted by Gasteiger charge is -2.17. The van der Waals surface area contributed by atoms with Gasteiger partial charge >= 0.3 is 0 Å². The van der Waals surface area contributed by atoms with E-state index in [-0.39, 0.29) is 0 Å². The molecule has 0 spiro atoms. The molecule has 2 aromatic rings. The second-order valence-corrected chi connectivity index (χ2v) is 5.65. The van der Waals surface area contributed by atoms with Crippen molar-refractivity contribution in [1.82, 2.24) is 19.4 Å². The van der Waals surface area contributed by atoms with Crippen LogP contribution in [-0.2, 0) is 17.7 Å². The van der Waals surface area contributed by atoms with E-state index in [1.165, 1.54) is 0 Å². The van der Waals surface area contributed by atoms with E-state index in [1.807, 2.05) is 13.1 Å². The molecule has 0 bridgehead atoms. The molecule has 116 valence electrons. The number of fused-ring (bicyclic) bond motifs is 1. The fourth-order valence-corrected chi connectivity index (χ4v) is 2.47. The van der Waals surface area contributed by atoms with E-state index >= 15 is 0 Å². The molecule has 5 nitrogen and oxygen atoms in total. The van der Waals surface area contributed by atoms with Crippen LogP contribution in [0.25, 0.3) is 11.2 Å². The molecule has 0 atom stereocenters. The first-order chi connectivity index (χ1) is 10.2. The molecule has 0 saturated carbocycles. The Kier molecular flexibility index (Phi) is 5.96. The summed E-state index contributed by atoms with van der Waals surface area (Å²) in [7, 11) is 3.82. The predicted octanol–water partition coefficient (Wildman–Crippen LogP) is 2.10. The Labute approximate surface area is 130 Å². The number of rotatable bonds is 8. The third-order valence-electron chi connectivity index (χ3n) is 3.50. The van der Waals surface area contributed by atoms with Gasteiger partial charge in [0.05, 0.1) is 6.61 Å². The van der Waals surface area contributed by atoms with Gasteiger partial charge in [-0.1, -0.05) is 0 Å². The van der Waals surface area contributed by atoms with Crippen LogP contribution >= 0.6 is 11.6 Å². The molecule has 0 fully saturated rings. The molecular formula is C15H23ClN4O. The molecule has 0 aliphatic carbocycles. The van der Waals surface area contributed by atoms with Crippen molar-refractivity contribution >= 4 is 22.8 Å². The van der Waals surface area contributed by atoms with Crippen LogP contribution in [0, 0.1) is 6.92 Å². The number of likely N-dealkylation sites (N-methyl/N-ethyl adjacent to an activating group) is 1. The summed E-state index contributed by atoms with van der Waals surface area (Å²) < 4.78 is 7.29. The van der Waals surface area contributed by atoms with Gasteiger partial charge in [-0.2, -0.15) is 0 Å². The van der Waals surface area contributed by atoms with Crippen LogP contribution in [0.3, 0.4) is 0 Å². The second kappa shape index (κ2) is 7.73. The van der Waals surface area contributed by atoms with Crippen molar-refractivity contribution in [3.05, 3.63) is 23.7 Å². The lowest BCUT2D eigenvalue weighted by molar-refractivity contribution is 0.159. The van der Waals surface area contributed by atoms with Gasteiger partial charge in [0, 0.05) is 45.2 Å². The normalized spacial score (nSPS) is 11.7. The van der Waals surface area contributed by atoms with Crippen molar-refractivity contribution in [2.75, 3.05) is 39.7 Å². The van der Waals surface area contributed by atoms with Crippen LogP contribution in [0.4, 0.5) is 0 Å². The summed E-state index contributed by atoms with van der Waals surface area (Å²) in [6, 6.07) is 2.07. The topological polar surface area (TPSA) is 43.2 Å². The molecular weight excluding hydrogens is 288 g/mol. The van der Waals surface area contributed by atoms with Crippen LogP contribution in [0.1, 0.15) is 11.4 Å². The molecule has 0 amide bonds. The zero-order valence-corrected chi connectivity index (χ0v) is 13.7. The highest BCUT2D eigenvalue weighted by atomic mass is 35.5. The van der Waals surface area contributed by atoms with Crippen LogP contribution in [-0.4, -0.2) is 59.2 Å². The minimum absolute atomic E-state index is 0.571. The largest absolute Gasteiger partial charge is 0.383 e. The number of imidazole rings is 1. The zero-order chi connectivity index (χ0) is 15.2. The number of hydrogen-bond donors (Lipinski definition) is 0. The van der Waals surface area contributed by atoms with Crippen LogP contribution in [0.5, 0.6) is 0 Å². The van der Waals surface area contributed by atoms with Gasteiger partial charge in [0.1, 0.15) is 11.3 Å². The fraction of sp³-hybridized carbons (Fsp3) is 0.600. The Hall–Kier alpha value is -1.17. The molecule has 0 aliphatic heterocycles. The van der Waals surface area contributed by atoms with E-state index in [0.29, 0.717) is 5.88 Å². The molecule has 0 radical (unpaired) electrons. The highest BCUT2D eigenvalue weighted by Crippen LogP contribution is 2.16. The van der Waals surface area contributed by atoms with Gasteiger partial charge in [0.2, 0.25) is 0 Å². The molecule has 6 heteroatoms. The smallest absolute Gasteiger partial charge is 0.160 e. The van der Waals surface area contributed by atoms with Crippen molar-refractivity contribution in [1.29, 1.82) is 0 Å². The summed E-state index contributed by atoms with van der Waals surface area (Å²) in [6.45, 7) is 5.48. The summed E-state index contributed by atoms with van der Waals surface area (Å²) in [5, 5.41) is 0. The first kappa shape index (κ1) is 16.2. The standard InChI is InChI=1S/C15H23ClN4O/c1-12-10-13-15(17-11-12)20(14(18-13)4-5-16)7-6-19(2)8-9-21-3/h10-11H,4-9H2,1-3H3. The number of ether oxygens (including phenoxy) is 1. The fourth-order valence-electron chi connectivity index (χ4n) is 2.30. The number of aryl methyl sites for hydroxylation is 2.